The van der Waals surface area contributed by atoms with Gasteiger partial charge in [0.25, 0.3) is 0 Å². The third kappa shape index (κ3) is 1.57. The monoisotopic (exact) mass is 157 g/mol. The first-order valence-electron chi connectivity index (χ1n) is 4.24. The van der Waals surface area contributed by atoms with Crippen molar-refractivity contribution in [1.29, 1.82) is 0 Å². The quantitative estimate of drug-likeness (QED) is 0.532. The summed E-state index contributed by atoms with van der Waals surface area (Å²) in [6.45, 7) is 9.64. The van der Waals surface area contributed by atoms with Gasteiger partial charge in [-0.2, -0.15) is 0 Å². The van der Waals surface area contributed by atoms with Gasteiger partial charge in [0.1, 0.15) is 5.72 Å². The van der Waals surface area contributed by atoms with Crippen LogP contribution in [0.2, 0.25) is 0 Å². The van der Waals surface area contributed by atoms with Crippen molar-refractivity contribution in [2.75, 3.05) is 13.7 Å². The maximum absolute atomic E-state index is 5.64. The van der Waals surface area contributed by atoms with Gasteiger partial charge in [-0.3, -0.25) is 4.90 Å². The van der Waals surface area contributed by atoms with E-state index in [1.165, 1.54) is 0 Å². The summed E-state index contributed by atoms with van der Waals surface area (Å²) in [7, 11) is 2.12. The van der Waals surface area contributed by atoms with E-state index in [1.807, 2.05) is 0 Å². The molecule has 0 unspecified atom stereocenters. The summed E-state index contributed by atoms with van der Waals surface area (Å²) >= 11 is 0. The van der Waals surface area contributed by atoms with Crippen LogP contribution in [0, 0.1) is 0 Å². The average molecular weight is 157 g/mol. The molecule has 2 nitrogen and oxygen atoms in total. The van der Waals surface area contributed by atoms with E-state index in [1.54, 1.807) is 0 Å². The Morgan fingerprint density at radius 3 is 2.09 bits per heavy atom. The maximum Gasteiger partial charge on any atom is 0.116 e. The standard InChI is InChI=1S/C9H19NO/c1-8(2)6-7-11-9(3,4)10(8)5/h6-7H2,1-5H3. The van der Waals surface area contributed by atoms with Crippen LogP contribution in [0.5, 0.6) is 0 Å². The van der Waals surface area contributed by atoms with Crippen molar-refractivity contribution in [3.63, 3.8) is 0 Å². The van der Waals surface area contributed by atoms with E-state index in [2.05, 4.69) is 39.6 Å². The van der Waals surface area contributed by atoms with E-state index in [0.29, 0.717) is 0 Å². The topological polar surface area (TPSA) is 12.5 Å². The Kier molecular flexibility index (Phi) is 2.01. The van der Waals surface area contributed by atoms with Gasteiger partial charge in [-0.15, -0.1) is 0 Å². The molecule has 0 aromatic carbocycles. The van der Waals surface area contributed by atoms with Crippen LogP contribution in [0.4, 0.5) is 0 Å². The van der Waals surface area contributed by atoms with Gasteiger partial charge >= 0.3 is 0 Å². The van der Waals surface area contributed by atoms with Gasteiger partial charge in [0, 0.05) is 5.54 Å². The lowest BCUT2D eigenvalue weighted by molar-refractivity contribution is -0.197. The molecule has 0 saturated carbocycles. The summed E-state index contributed by atoms with van der Waals surface area (Å²) in [5.74, 6) is 0. The number of ether oxygens (including phenoxy) is 1. The largest absolute Gasteiger partial charge is 0.361 e. The van der Waals surface area contributed by atoms with Crippen molar-refractivity contribution in [3.05, 3.63) is 0 Å². The van der Waals surface area contributed by atoms with Gasteiger partial charge in [0.15, 0.2) is 0 Å². The number of nitrogens with zero attached hydrogens (tertiary/aromatic N) is 1. The molecule has 0 N–H and O–H groups in total. The van der Waals surface area contributed by atoms with Crippen molar-refractivity contribution in [2.45, 2.75) is 45.4 Å². The van der Waals surface area contributed by atoms with Crippen LogP contribution in [0.25, 0.3) is 0 Å². The lowest BCUT2D eigenvalue weighted by atomic mass is 9.94. The summed E-state index contributed by atoms with van der Waals surface area (Å²) < 4.78 is 5.64. The Hall–Kier alpha value is -0.0800. The van der Waals surface area contributed by atoms with Crippen LogP contribution in [0.15, 0.2) is 0 Å². The molecule has 0 spiro atoms. The van der Waals surface area contributed by atoms with Crippen LogP contribution >= 0.6 is 0 Å². The molecule has 0 bridgehead atoms. The fourth-order valence-electron chi connectivity index (χ4n) is 1.54. The highest BCUT2D eigenvalue weighted by Crippen LogP contribution is 2.31. The van der Waals surface area contributed by atoms with Gasteiger partial charge < -0.3 is 4.74 Å². The Balaban J connectivity index is 2.76. The molecule has 1 heterocycles. The highest BCUT2D eigenvalue weighted by Gasteiger charge is 2.39. The van der Waals surface area contributed by atoms with E-state index in [0.717, 1.165) is 13.0 Å². The van der Waals surface area contributed by atoms with Crippen molar-refractivity contribution in [2.24, 2.45) is 0 Å². The zero-order chi connectivity index (χ0) is 8.70. The lowest BCUT2D eigenvalue weighted by Gasteiger charge is -2.50. The molecule has 0 aliphatic carbocycles. The molecular formula is C9H19NO. The third-order valence-electron chi connectivity index (χ3n) is 2.88. The number of hydrogen-bond donors (Lipinski definition) is 0. The van der Waals surface area contributed by atoms with E-state index in [9.17, 15) is 0 Å². The molecule has 0 aromatic rings. The zero-order valence-electron chi connectivity index (χ0n) is 8.27. The Labute approximate surface area is 69.5 Å². The first-order chi connectivity index (χ1) is 4.86. The normalized spacial score (nSPS) is 30.3. The summed E-state index contributed by atoms with van der Waals surface area (Å²) in [5, 5.41) is 0. The van der Waals surface area contributed by atoms with Crippen LogP contribution < -0.4 is 0 Å². The minimum Gasteiger partial charge on any atom is -0.361 e. The third-order valence-corrected chi connectivity index (χ3v) is 2.88. The summed E-state index contributed by atoms with van der Waals surface area (Å²) in [6, 6.07) is 0. The molecular weight excluding hydrogens is 138 g/mol. The SMILES string of the molecule is CN1C(C)(C)CCOC1(C)C. The molecule has 0 radical (unpaired) electrons. The van der Waals surface area contributed by atoms with Crippen LogP contribution in [-0.4, -0.2) is 29.8 Å². The van der Waals surface area contributed by atoms with Crippen LogP contribution in [-0.2, 0) is 4.74 Å². The van der Waals surface area contributed by atoms with Crippen molar-refractivity contribution in [3.8, 4) is 0 Å². The smallest absolute Gasteiger partial charge is 0.116 e. The molecule has 1 saturated heterocycles. The first kappa shape index (κ1) is 9.01. The second-order valence-corrected chi connectivity index (χ2v) is 4.42. The van der Waals surface area contributed by atoms with Crippen molar-refractivity contribution < 1.29 is 4.74 Å². The minimum absolute atomic E-state index is 0.0955. The second-order valence-electron chi connectivity index (χ2n) is 4.42. The van der Waals surface area contributed by atoms with E-state index in [4.69, 9.17) is 4.74 Å². The van der Waals surface area contributed by atoms with Gasteiger partial charge in [0.2, 0.25) is 0 Å². The molecule has 0 amide bonds. The highest BCUT2D eigenvalue weighted by molar-refractivity contribution is 4.88. The van der Waals surface area contributed by atoms with E-state index < -0.39 is 0 Å². The van der Waals surface area contributed by atoms with Crippen LogP contribution in [0.1, 0.15) is 34.1 Å². The number of hydrogen-bond acceptors (Lipinski definition) is 2. The van der Waals surface area contributed by atoms with Gasteiger partial charge in [-0.25, -0.2) is 0 Å². The Morgan fingerprint density at radius 1 is 1.18 bits per heavy atom. The maximum atomic E-state index is 5.64. The predicted octanol–water partition coefficient (Wildman–Crippen LogP) is 1.85. The second kappa shape index (κ2) is 2.46. The number of rotatable bonds is 0. The molecule has 11 heavy (non-hydrogen) atoms. The molecule has 1 aliphatic rings. The molecule has 2 heteroatoms. The van der Waals surface area contributed by atoms with Crippen LogP contribution in [0.3, 0.4) is 0 Å². The Bertz CT molecular complexity index is 136. The van der Waals surface area contributed by atoms with Gasteiger partial charge in [0.05, 0.1) is 6.61 Å². The van der Waals surface area contributed by atoms with Gasteiger partial charge in [-0.1, -0.05) is 0 Å². The fraction of sp³-hybridized carbons (Fsp3) is 1.00. The molecule has 1 fully saturated rings. The summed E-state index contributed by atoms with van der Waals surface area (Å²) in [5.41, 5.74) is 0.184. The van der Waals surface area contributed by atoms with Crippen molar-refractivity contribution >= 4 is 0 Å². The Morgan fingerprint density at radius 2 is 1.73 bits per heavy atom. The average Bonchev–Trinajstić information content (AvgIpc) is 1.82. The van der Waals surface area contributed by atoms with E-state index >= 15 is 0 Å². The van der Waals surface area contributed by atoms with Gasteiger partial charge in [-0.05, 0) is 41.2 Å². The summed E-state index contributed by atoms with van der Waals surface area (Å²) in [4.78, 5) is 2.30. The van der Waals surface area contributed by atoms with Crippen molar-refractivity contribution in [1.82, 2.24) is 4.90 Å². The highest BCUT2D eigenvalue weighted by atomic mass is 16.5. The lowest BCUT2D eigenvalue weighted by Crippen LogP contribution is -2.58. The molecule has 1 aliphatic heterocycles. The first-order valence-corrected chi connectivity index (χ1v) is 4.24. The predicted molar refractivity (Wildman–Crippen MR) is 46.5 cm³/mol. The minimum atomic E-state index is -0.0955. The van der Waals surface area contributed by atoms with E-state index in [-0.39, 0.29) is 11.3 Å². The summed E-state index contributed by atoms with van der Waals surface area (Å²) in [6.07, 6.45) is 1.12. The molecule has 0 atom stereocenters. The fourth-order valence-corrected chi connectivity index (χ4v) is 1.54. The molecule has 0 aromatic heterocycles. The molecule has 66 valence electrons. The zero-order valence-corrected chi connectivity index (χ0v) is 8.27. The molecule has 1 rings (SSSR count).